The Morgan fingerprint density at radius 3 is 1.37 bits per heavy atom. The maximum atomic E-state index is 6.05. The number of allylic oxidation sites excluding steroid dienone is 2. The predicted octanol–water partition coefficient (Wildman–Crippen LogP) is 8.78. The normalized spacial score (nSPS) is 10.6. The average Bonchev–Trinajstić information content (AvgIpc) is 2.94. The molecule has 0 radical (unpaired) electrons. The van der Waals surface area contributed by atoms with Gasteiger partial charge in [0.05, 0.1) is 0 Å². The van der Waals surface area contributed by atoms with Gasteiger partial charge in [0.2, 0.25) is 0 Å². The molecule has 3 nitrogen and oxygen atoms in total. The maximum Gasteiger partial charge on any atom is 0.164 e. The van der Waals surface area contributed by atoms with E-state index in [2.05, 4.69) is 12.1 Å². The summed E-state index contributed by atoms with van der Waals surface area (Å²) < 4.78 is 0. The van der Waals surface area contributed by atoms with E-state index in [1.165, 1.54) is 0 Å². The Morgan fingerprint density at radius 1 is 0.457 bits per heavy atom. The van der Waals surface area contributed by atoms with E-state index in [1.54, 1.807) is 0 Å². The van der Waals surface area contributed by atoms with Crippen molar-refractivity contribution in [1.82, 2.24) is 15.0 Å². The molecule has 0 saturated carbocycles. The highest BCUT2D eigenvalue weighted by molar-refractivity contribution is 6.30. The van der Waals surface area contributed by atoms with Gasteiger partial charge in [0.1, 0.15) is 0 Å². The molecule has 172 valence electrons. The lowest BCUT2D eigenvalue weighted by Crippen LogP contribution is -2.00. The summed E-state index contributed by atoms with van der Waals surface area (Å²) in [6, 6.07) is 36.0. The summed E-state index contributed by atoms with van der Waals surface area (Å²) in [5, 5.41) is 0.720. The molecule has 0 aliphatic rings. The van der Waals surface area contributed by atoms with E-state index in [0.29, 0.717) is 17.5 Å². The van der Waals surface area contributed by atoms with Crippen molar-refractivity contribution < 1.29 is 0 Å². The summed E-state index contributed by atoms with van der Waals surface area (Å²) in [4.78, 5) is 14.4. The zero-order valence-electron chi connectivity index (χ0n) is 19.8. The first-order valence-corrected chi connectivity index (χ1v) is 11.9. The van der Waals surface area contributed by atoms with Crippen molar-refractivity contribution in [3.63, 3.8) is 0 Å². The van der Waals surface area contributed by atoms with E-state index in [4.69, 9.17) is 26.6 Å². The summed E-state index contributed by atoms with van der Waals surface area (Å²) in [5.74, 6) is 1.95. The van der Waals surface area contributed by atoms with Crippen molar-refractivity contribution in [3.8, 4) is 45.3 Å². The Kier molecular flexibility index (Phi) is 8.16. The zero-order chi connectivity index (χ0) is 24.5. The number of halogens is 1. The first kappa shape index (κ1) is 24.1. The molecule has 4 aromatic carbocycles. The molecule has 0 unspecified atom stereocenters. The Labute approximate surface area is 211 Å². The highest BCUT2D eigenvalue weighted by atomic mass is 35.5. The Balaban J connectivity index is 0.000000672. The smallest absolute Gasteiger partial charge is 0.164 e. The number of benzene rings is 4. The van der Waals surface area contributed by atoms with Gasteiger partial charge in [-0.1, -0.05) is 115 Å². The third-order valence-corrected chi connectivity index (χ3v) is 5.58. The molecule has 0 aliphatic heterocycles. The molecule has 0 atom stereocenters. The molecule has 5 aromatic rings. The van der Waals surface area contributed by atoms with Gasteiger partial charge in [0.25, 0.3) is 0 Å². The predicted molar refractivity (Wildman–Crippen MR) is 147 cm³/mol. The van der Waals surface area contributed by atoms with Crippen LogP contribution in [0.25, 0.3) is 45.3 Å². The van der Waals surface area contributed by atoms with Crippen molar-refractivity contribution in [2.24, 2.45) is 0 Å². The van der Waals surface area contributed by atoms with Crippen LogP contribution >= 0.6 is 11.6 Å². The highest BCUT2D eigenvalue weighted by Gasteiger charge is 2.12. The van der Waals surface area contributed by atoms with Gasteiger partial charge in [-0.3, -0.25) is 0 Å². The number of hydrogen-bond donors (Lipinski definition) is 0. The maximum absolute atomic E-state index is 6.05. The van der Waals surface area contributed by atoms with Crippen LogP contribution in [0.4, 0.5) is 0 Å². The number of hydrogen-bond acceptors (Lipinski definition) is 3. The number of aromatic nitrogens is 3. The summed E-state index contributed by atoms with van der Waals surface area (Å²) >= 11 is 6.05. The SMILES string of the molecule is C/C=C\C.Clc1ccc(-c2cccc(-c3nc(-c4ccccc4)nc(-c4ccccc4)n3)c2)cc1. The molecule has 0 saturated heterocycles. The largest absolute Gasteiger partial charge is 0.208 e. The second kappa shape index (κ2) is 11.9. The molecule has 1 aromatic heterocycles. The fourth-order valence-electron chi connectivity index (χ4n) is 3.42. The van der Waals surface area contributed by atoms with E-state index in [-0.39, 0.29) is 0 Å². The Morgan fingerprint density at radius 2 is 0.886 bits per heavy atom. The van der Waals surface area contributed by atoms with Crippen LogP contribution in [-0.4, -0.2) is 15.0 Å². The minimum absolute atomic E-state index is 0.642. The minimum atomic E-state index is 0.642. The van der Waals surface area contributed by atoms with E-state index >= 15 is 0 Å². The molecule has 0 fully saturated rings. The van der Waals surface area contributed by atoms with Crippen molar-refractivity contribution in [3.05, 3.63) is 126 Å². The van der Waals surface area contributed by atoms with Gasteiger partial charge in [0, 0.05) is 21.7 Å². The minimum Gasteiger partial charge on any atom is -0.208 e. The third kappa shape index (κ3) is 6.28. The van der Waals surface area contributed by atoms with Crippen LogP contribution in [0.2, 0.25) is 5.02 Å². The Hall–Kier alpha value is -4.08. The number of rotatable bonds is 4. The van der Waals surface area contributed by atoms with Crippen molar-refractivity contribution in [2.45, 2.75) is 13.8 Å². The summed E-state index contributed by atoms with van der Waals surface area (Å²) in [5.41, 5.74) is 5.02. The third-order valence-electron chi connectivity index (χ3n) is 5.33. The van der Waals surface area contributed by atoms with Crippen LogP contribution in [0, 0.1) is 0 Å². The lowest BCUT2D eigenvalue weighted by molar-refractivity contribution is 1.07. The molecule has 1 heterocycles. The first-order valence-electron chi connectivity index (χ1n) is 11.5. The van der Waals surface area contributed by atoms with Crippen LogP contribution in [0.1, 0.15) is 13.8 Å². The van der Waals surface area contributed by atoms with Gasteiger partial charge in [0.15, 0.2) is 17.5 Å². The summed E-state index contributed by atoms with van der Waals surface area (Å²) in [7, 11) is 0. The Bertz CT molecular complexity index is 1340. The van der Waals surface area contributed by atoms with Gasteiger partial charge in [-0.25, -0.2) is 15.0 Å². The monoisotopic (exact) mass is 475 g/mol. The lowest BCUT2D eigenvalue weighted by atomic mass is 10.0. The quantitative estimate of drug-likeness (QED) is 0.244. The fourth-order valence-corrected chi connectivity index (χ4v) is 3.54. The van der Waals surface area contributed by atoms with Gasteiger partial charge in [-0.2, -0.15) is 0 Å². The molecular weight excluding hydrogens is 450 g/mol. The van der Waals surface area contributed by atoms with Crippen LogP contribution in [0.3, 0.4) is 0 Å². The topological polar surface area (TPSA) is 38.7 Å². The lowest BCUT2D eigenvalue weighted by Gasteiger charge is -2.09. The van der Waals surface area contributed by atoms with E-state index in [0.717, 1.165) is 32.8 Å². The second-order valence-electron chi connectivity index (χ2n) is 7.79. The number of nitrogens with zero attached hydrogens (tertiary/aromatic N) is 3. The fraction of sp³-hybridized carbons (Fsp3) is 0.0645. The van der Waals surface area contributed by atoms with Crippen molar-refractivity contribution >= 4 is 11.6 Å². The molecule has 0 N–H and O–H groups in total. The highest BCUT2D eigenvalue weighted by Crippen LogP contribution is 2.28. The summed E-state index contributed by atoms with van der Waals surface area (Å²) in [6.07, 6.45) is 4.00. The first-order chi connectivity index (χ1) is 17.2. The van der Waals surface area contributed by atoms with Gasteiger partial charge in [-0.15, -0.1) is 0 Å². The van der Waals surface area contributed by atoms with Crippen LogP contribution in [0.15, 0.2) is 121 Å². The molecule has 4 heteroatoms. The van der Waals surface area contributed by atoms with E-state index in [1.807, 2.05) is 123 Å². The van der Waals surface area contributed by atoms with Crippen LogP contribution in [0.5, 0.6) is 0 Å². The van der Waals surface area contributed by atoms with Gasteiger partial charge < -0.3 is 0 Å². The van der Waals surface area contributed by atoms with Gasteiger partial charge in [-0.05, 0) is 43.2 Å². The van der Waals surface area contributed by atoms with Crippen LogP contribution < -0.4 is 0 Å². The van der Waals surface area contributed by atoms with Crippen molar-refractivity contribution in [2.75, 3.05) is 0 Å². The molecule has 35 heavy (non-hydrogen) atoms. The molecule has 0 amide bonds. The summed E-state index contributed by atoms with van der Waals surface area (Å²) in [6.45, 7) is 4.00. The zero-order valence-corrected chi connectivity index (χ0v) is 20.5. The van der Waals surface area contributed by atoms with Crippen molar-refractivity contribution in [1.29, 1.82) is 0 Å². The van der Waals surface area contributed by atoms with Gasteiger partial charge >= 0.3 is 0 Å². The molecule has 0 aliphatic carbocycles. The standard InChI is InChI=1S/C27H18ClN3.C4H8/c28-24-16-14-19(15-17-24)22-12-7-13-23(18-22)27-30-25(20-8-3-1-4-9-20)29-26(31-27)21-10-5-2-6-11-21;1-3-4-2/h1-18H;3-4H,1-2H3/b;4-3-. The molecule has 5 rings (SSSR count). The molecular formula is C31H26ClN3. The molecule has 0 spiro atoms. The van der Waals surface area contributed by atoms with E-state index in [9.17, 15) is 0 Å². The average molecular weight is 476 g/mol. The second-order valence-corrected chi connectivity index (χ2v) is 8.23. The van der Waals surface area contributed by atoms with E-state index < -0.39 is 0 Å². The molecule has 0 bridgehead atoms. The van der Waals surface area contributed by atoms with Crippen LogP contribution in [-0.2, 0) is 0 Å².